The van der Waals surface area contributed by atoms with E-state index in [1.165, 1.54) is 12.1 Å². The Morgan fingerprint density at radius 2 is 1.96 bits per heavy atom. The van der Waals surface area contributed by atoms with Crippen LogP contribution in [0.15, 0.2) is 45.6 Å². The second-order valence-corrected chi connectivity index (χ2v) is 7.72. The summed E-state index contributed by atoms with van der Waals surface area (Å²) < 4.78 is 6.06. The van der Waals surface area contributed by atoms with E-state index in [-0.39, 0.29) is 40.2 Å². The molecule has 7 heteroatoms. The fourth-order valence-corrected chi connectivity index (χ4v) is 4.21. The molecule has 1 fully saturated rings. The van der Waals surface area contributed by atoms with Crippen LogP contribution in [0.5, 0.6) is 11.5 Å². The molecule has 0 aliphatic carbocycles. The fourth-order valence-electron chi connectivity index (χ4n) is 3.98. The Labute approximate surface area is 166 Å². The normalized spacial score (nSPS) is 20.5. The van der Waals surface area contributed by atoms with Crippen LogP contribution >= 0.6 is 11.6 Å². The molecule has 146 valence electrons. The van der Waals surface area contributed by atoms with Crippen molar-refractivity contribution in [1.29, 1.82) is 0 Å². The maximum atomic E-state index is 12.8. The van der Waals surface area contributed by atoms with E-state index in [0.717, 1.165) is 6.54 Å². The first-order valence-electron chi connectivity index (χ1n) is 9.08. The number of likely N-dealkylation sites (tertiary alicyclic amines) is 1. The lowest BCUT2D eigenvalue weighted by Crippen LogP contribution is -2.45. The molecule has 2 heterocycles. The first-order chi connectivity index (χ1) is 13.4. The molecule has 0 radical (unpaired) electrons. The van der Waals surface area contributed by atoms with Gasteiger partial charge in [-0.25, -0.2) is 0 Å². The van der Waals surface area contributed by atoms with Gasteiger partial charge in [0.1, 0.15) is 28.2 Å². The van der Waals surface area contributed by atoms with Gasteiger partial charge in [0.25, 0.3) is 0 Å². The van der Waals surface area contributed by atoms with Gasteiger partial charge in [0.15, 0.2) is 5.43 Å². The van der Waals surface area contributed by atoms with Crippen molar-refractivity contribution in [3.63, 3.8) is 0 Å². The Balaban J connectivity index is 2.00. The van der Waals surface area contributed by atoms with Crippen molar-refractivity contribution in [3.8, 4) is 22.8 Å². The van der Waals surface area contributed by atoms with Crippen molar-refractivity contribution in [1.82, 2.24) is 4.90 Å². The average Bonchev–Trinajstić information content (AvgIpc) is 2.63. The highest BCUT2D eigenvalue weighted by molar-refractivity contribution is 6.33. The number of rotatable bonds is 2. The van der Waals surface area contributed by atoms with Crippen LogP contribution in [-0.2, 0) is 0 Å². The summed E-state index contributed by atoms with van der Waals surface area (Å²) >= 11 is 6.27. The number of nitrogens with zero attached hydrogens (tertiary/aromatic N) is 1. The third kappa shape index (κ3) is 3.13. The number of aromatic hydroxyl groups is 2. The summed E-state index contributed by atoms with van der Waals surface area (Å²) in [6.45, 7) is 1.45. The summed E-state index contributed by atoms with van der Waals surface area (Å²) in [5.41, 5.74) is 7.12. The van der Waals surface area contributed by atoms with Crippen LogP contribution in [0.1, 0.15) is 17.9 Å². The van der Waals surface area contributed by atoms with Gasteiger partial charge in [-0.2, -0.15) is 0 Å². The molecule has 0 bridgehead atoms. The summed E-state index contributed by atoms with van der Waals surface area (Å²) in [4.78, 5) is 14.9. The number of piperidine rings is 1. The van der Waals surface area contributed by atoms with Gasteiger partial charge in [-0.05, 0) is 32.1 Å². The van der Waals surface area contributed by atoms with Gasteiger partial charge >= 0.3 is 0 Å². The van der Waals surface area contributed by atoms with Crippen LogP contribution in [0.3, 0.4) is 0 Å². The molecule has 1 aromatic heterocycles. The zero-order valence-electron chi connectivity index (χ0n) is 15.4. The summed E-state index contributed by atoms with van der Waals surface area (Å²) in [5, 5.41) is 21.4. The number of phenolic OH excluding ortho intramolecular Hbond substituents is 2. The summed E-state index contributed by atoms with van der Waals surface area (Å²) in [7, 11) is 1.99. The van der Waals surface area contributed by atoms with E-state index in [9.17, 15) is 15.0 Å². The summed E-state index contributed by atoms with van der Waals surface area (Å²) in [5.74, 6) is -0.383. The molecule has 2 aromatic carbocycles. The highest BCUT2D eigenvalue weighted by Crippen LogP contribution is 2.42. The molecule has 1 aliphatic heterocycles. The van der Waals surface area contributed by atoms with Crippen molar-refractivity contribution in [2.75, 3.05) is 20.1 Å². The third-order valence-corrected chi connectivity index (χ3v) is 5.70. The Morgan fingerprint density at radius 1 is 1.21 bits per heavy atom. The molecule has 1 aliphatic rings. The lowest BCUT2D eigenvalue weighted by molar-refractivity contribution is 0.226. The third-order valence-electron chi connectivity index (χ3n) is 5.37. The molecule has 2 atom stereocenters. The Kier molecular flexibility index (Phi) is 4.79. The first-order valence-corrected chi connectivity index (χ1v) is 9.46. The van der Waals surface area contributed by atoms with Gasteiger partial charge in [-0.3, -0.25) is 4.79 Å². The monoisotopic (exact) mass is 400 g/mol. The average molecular weight is 401 g/mol. The fraction of sp³-hybridized carbons (Fsp3) is 0.286. The molecule has 0 spiro atoms. The SMILES string of the molecule is CN1CC[C@H](c2c(O)cc(O)c3c(=O)cc(-c4ccccc4Cl)oc23)[C@@H](N)C1. The van der Waals surface area contributed by atoms with Gasteiger partial charge < -0.3 is 25.3 Å². The van der Waals surface area contributed by atoms with Gasteiger partial charge in [0.05, 0.1) is 5.02 Å². The quantitative estimate of drug-likeness (QED) is 0.610. The van der Waals surface area contributed by atoms with Gasteiger partial charge in [0, 0.05) is 41.8 Å². The molecule has 0 amide bonds. The number of halogens is 1. The molecule has 0 unspecified atom stereocenters. The number of hydrogen-bond acceptors (Lipinski definition) is 6. The Morgan fingerprint density at radius 3 is 2.68 bits per heavy atom. The number of hydrogen-bond donors (Lipinski definition) is 3. The molecular formula is C21H21ClN2O4. The highest BCUT2D eigenvalue weighted by atomic mass is 35.5. The molecule has 3 aromatic rings. The number of likely N-dealkylation sites (N-methyl/N-ethyl adjacent to an activating group) is 1. The minimum atomic E-state index is -0.406. The van der Waals surface area contributed by atoms with Crippen molar-refractivity contribution in [3.05, 3.63) is 57.2 Å². The van der Waals surface area contributed by atoms with Crippen molar-refractivity contribution in [2.24, 2.45) is 5.73 Å². The number of phenols is 2. The number of benzene rings is 2. The van der Waals surface area contributed by atoms with Gasteiger partial charge in [-0.15, -0.1) is 0 Å². The van der Waals surface area contributed by atoms with Gasteiger partial charge in [-0.1, -0.05) is 23.7 Å². The van der Waals surface area contributed by atoms with E-state index in [1.54, 1.807) is 24.3 Å². The van der Waals surface area contributed by atoms with E-state index in [2.05, 4.69) is 4.90 Å². The molecule has 1 saturated heterocycles. The zero-order chi connectivity index (χ0) is 20.0. The molecule has 6 nitrogen and oxygen atoms in total. The topological polar surface area (TPSA) is 99.9 Å². The van der Waals surface area contributed by atoms with Crippen LogP contribution < -0.4 is 11.2 Å². The van der Waals surface area contributed by atoms with E-state index >= 15 is 0 Å². The minimum Gasteiger partial charge on any atom is -0.507 e. The number of fused-ring (bicyclic) bond motifs is 1. The van der Waals surface area contributed by atoms with Crippen LogP contribution in [0.2, 0.25) is 5.02 Å². The van der Waals surface area contributed by atoms with Crippen molar-refractivity contribution in [2.45, 2.75) is 18.4 Å². The maximum absolute atomic E-state index is 12.8. The zero-order valence-corrected chi connectivity index (χ0v) is 16.1. The predicted octanol–water partition coefficient (Wildman–Crippen LogP) is 3.27. The molecule has 4 N–H and O–H groups in total. The lowest BCUT2D eigenvalue weighted by atomic mass is 9.84. The largest absolute Gasteiger partial charge is 0.507 e. The standard InChI is InChI=1S/C21H21ClN2O4/c1-24-7-6-12(14(23)10-24)19-15(25)8-16(26)20-17(27)9-18(28-21(19)20)11-4-2-3-5-13(11)22/h2-5,8-9,12,14,25-26H,6-7,10,23H2,1H3/t12-,14-/m0/s1. The van der Waals surface area contributed by atoms with Gasteiger partial charge in [0.2, 0.25) is 0 Å². The maximum Gasteiger partial charge on any atom is 0.197 e. The summed E-state index contributed by atoms with van der Waals surface area (Å²) in [6, 6.07) is 9.27. The molecule has 0 saturated carbocycles. The van der Waals surface area contributed by atoms with E-state index < -0.39 is 5.43 Å². The predicted molar refractivity (Wildman–Crippen MR) is 109 cm³/mol. The second kappa shape index (κ2) is 7.13. The smallest absolute Gasteiger partial charge is 0.197 e. The highest BCUT2D eigenvalue weighted by Gasteiger charge is 2.32. The lowest BCUT2D eigenvalue weighted by Gasteiger charge is -2.35. The van der Waals surface area contributed by atoms with Crippen molar-refractivity contribution >= 4 is 22.6 Å². The van der Waals surface area contributed by atoms with E-state index in [1.807, 2.05) is 7.05 Å². The molecule has 28 heavy (non-hydrogen) atoms. The minimum absolute atomic E-state index is 0.0368. The van der Waals surface area contributed by atoms with Crippen LogP contribution in [0.4, 0.5) is 0 Å². The van der Waals surface area contributed by atoms with Crippen LogP contribution in [0, 0.1) is 0 Å². The van der Waals surface area contributed by atoms with E-state index in [0.29, 0.717) is 29.1 Å². The Hall–Kier alpha value is -2.54. The van der Waals surface area contributed by atoms with Crippen LogP contribution in [-0.4, -0.2) is 41.3 Å². The molecular weight excluding hydrogens is 380 g/mol. The second-order valence-electron chi connectivity index (χ2n) is 7.31. The summed E-state index contributed by atoms with van der Waals surface area (Å²) in [6.07, 6.45) is 0.700. The molecule has 4 rings (SSSR count). The van der Waals surface area contributed by atoms with Crippen LogP contribution in [0.25, 0.3) is 22.3 Å². The Bertz CT molecular complexity index is 1110. The first kappa shape index (κ1) is 18.8. The number of nitrogens with two attached hydrogens (primary N) is 1. The van der Waals surface area contributed by atoms with Crippen molar-refractivity contribution < 1.29 is 14.6 Å². The van der Waals surface area contributed by atoms with E-state index in [4.69, 9.17) is 21.8 Å².